The predicted octanol–water partition coefficient (Wildman–Crippen LogP) is 0.373. The number of amides is 1. The molecule has 100 valence electrons. The highest BCUT2D eigenvalue weighted by atomic mass is 16.5. The number of rotatable bonds is 5. The van der Waals surface area contributed by atoms with Crippen molar-refractivity contribution in [3.05, 3.63) is 0 Å². The zero-order valence-corrected chi connectivity index (χ0v) is 10.6. The van der Waals surface area contributed by atoms with Gasteiger partial charge in [-0.25, -0.2) is 4.79 Å². The lowest BCUT2D eigenvalue weighted by molar-refractivity contribution is -0.147. The summed E-state index contributed by atoms with van der Waals surface area (Å²) < 4.78 is 9.88. The Morgan fingerprint density at radius 2 is 2.33 bits per heavy atom. The Morgan fingerprint density at radius 3 is 2.83 bits per heavy atom. The number of hydrogen-bond donors (Lipinski definition) is 1. The van der Waals surface area contributed by atoms with Gasteiger partial charge >= 0.3 is 5.97 Å². The van der Waals surface area contributed by atoms with E-state index in [1.807, 2.05) is 6.07 Å². The molecule has 3 atom stereocenters. The van der Waals surface area contributed by atoms with Gasteiger partial charge in [-0.15, -0.1) is 0 Å². The molecule has 0 radical (unpaired) electrons. The summed E-state index contributed by atoms with van der Waals surface area (Å²) >= 11 is 0. The molecular formula is C12H18N2O4. The van der Waals surface area contributed by atoms with E-state index in [2.05, 4.69) is 10.1 Å². The van der Waals surface area contributed by atoms with Gasteiger partial charge in [-0.05, 0) is 12.8 Å². The second-order valence-corrected chi connectivity index (χ2v) is 4.35. The van der Waals surface area contributed by atoms with Gasteiger partial charge in [0.1, 0.15) is 12.1 Å². The molecular weight excluding hydrogens is 236 g/mol. The molecule has 6 nitrogen and oxygen atoms in total. The van der Waals surface area contributed by atoms with Crippen molar-refractivity contribution in [1.82, 2.24) is 5.32 Å². The number of carbonyl (C=O) groups is 2. The first-order chi connectivity index (χ1) is 8.60. The minimum atomic E-state index is -0.800. The maximum absolute atomic E-state index is 11.9. The maximum Gasteiger partial charge on any atom is 0.328 e. The highest BCUT2D eigenvalue weighted by molar-refractivity contribution is 5.87. The molecule has 1 N–H and O–H groups in total. The van der Waals surface area contributed by atoms with E-state index in [0.717, 1.165) is 6.42 Å². The molecule has 0 aromatic heterocycles. The number of ether oxygens (including phenoxy) is 2. The van der Waals surface area contributed by atoms with Gasteiger partial charge in [0.2, 0.25) is 5.91 Å². The summed E-state index contributed by atoms with van der Waals surface area (Å²) in [7, 11) is 1.26. The van der Waals surface area contributed by atoms with Crippen LogP contribution in [0.2, 0.25) is 0 Å². The van der Waals surface area contributed by atoms with Crippen LogP contribution in [0.25, 0.3) is 0 Å². The van der Waals surface area contributed by atoms with Gasteiger partial charge in [0.15, 0.2) is 0 Å². The van der Waals surface area contributed by atoms with E-state index in [1.54, 1.807) is 6.92 Å². The van der Waals surface area contributed by atoms with Gasteiger partial charge in [-0.2, -0.15) is 5.26 Å². The zero-order chi connectivity index (χ0) is 13.5. The fourth-order valence-electron chi connectivity index (χ4n) is 1.85. The van der Waals surface area contributed by atoms with E-state index >= 15 is 0 Å². The fraction of sp³-hybridized carbons (Fsp3) is 0.750. The summed E-state index contributed by atoms with van der Waals surface area (Å²) in [4.78, 5) is 23.4. The molecule has 1 aliphatic rings. The summed E-state index contributed by atoms with van der Waals surface area (Å²) in [5, 5.41) is 11.3. The fourth-order valence-corrected chi connectivity index (χ4v) is 1.85. The third-order valence-corrected chi connectivity index (χ3v) is 2.96. The maximum atomic E-state index is 11.9. The van der Waals surface area contributed by atoms with E-state index in [4.69, 9.17) is 10.00 Å². The third-order valence-electron chi connectivity index (χ3n) is 2.96. The van der Waals surface area contributed by atoms with Gasteiger partial charge < -0.3 is 14.8 Å². The van der Waals surface area contributed by atoms with Gasteiger partial charge in [0.05, 0.1) is 13.2 Å². The van der Waals surface area contributed by atoms with E-state index in [9.17, 15) is 9.59 Å². The molecule has 1 heterocycles. The molecule has 1 fully saturated rings. The molecule has 0 spiro atoms. The predicted molar refractivity (Wildman–Crippen MR) is 62.3 cm³/mol. The summed E-state index contributed by atoms with van der Waals surface area (Å²) in [5.74, 6) is -1.15. The zero-order valence-electron chi connectivity index (χ0n) is 10.6. The Kier molecular flexibility index (Phi) is 5.59. The van der Waals surface area contributed by atoms with Crippen LogP contribution in [-0.4, -0.2) is 37.7 Å². The SMILES string of the molecule is COC(=O)[C@H](NC(=O)[C@H]1CCCO1)[C@H](C)CC#N. The molecule has 6 heteroatoms. The van der Waals surface area contributed by atoms with Crippen molar-refractivity contribution in [3.63, 3.8) is 0 Å². The average Bonchev–Trinajstić information content (AvgIpc) is 2.88. The summed E-state index contributed by atoms with van der Waals surface area (Å²) in [5.41, 5.74) is 0. The molecule has 1 aliphatic heterocycles. The quantitative estimate of drug-likeness (QED) is 0.716. The Hall–Kier alpha value is -1.61. The van der Waals surface area contributed by atoms with Crippen LogP contribution in [0.15, 0.2) is 0 Å². The number of nitrogens with zero attached hydrogens (tertiary/aromatic N) is 1. The van der Waals surface area contributed by atoms with Gasteiger partial charge in [-0.1, -0.05) is 6.92 Å². The molecule has 1 rings (SSSR count). The average molecular weight is 254 g/mol. The highest BCUT2D eigenvalue weighted by Gasteiger charge is 2.31. The number of esters is 1. The van der Waals surface area contributed by atoms with E-state index in [-0.39, 0.29) is 18.2 Å². The molecule has 0 aromatic carbocycles. The molecule has 0 unspecified atom stereocenters. The molecule has 1 amide bonds. The molecule has 0 aromatic rings. The summed E-state index contributed by atoms with van der Waals surface area (Å²) in [6, 6.07) is 1.18. The van der Waals surface area contributed by atoms with Crippen LogP contribution < -0.4 is 5.32 Å². The standard InChI is InChI=1S/C12H18N2O4/c1-8(5-6-13)10(12(16)17-2)14-11(15)9-4-3-7-18-9/h8-10H,3-5,7H2,1-2H3,(H,14,15)/t8-,9-,10-/m1/s1. The first-order valence-corrected chi connectivity index (χ1v) is 5.97. The van der Waals surface area contributed by atoms with E-state index in [1.165, 1.54) is 7.11 Å². The third kappa shape index (κ3) is 3.70. The van der Waals surface area contributed by atoms with Gasteiger partial charge in [0.25, 0.3) is 0 Å². The van der Waals surface area contributed by atoms with E-state index in [0.29, 0.717) is 13.0 Å². The smallest absolute Gasteiger partial charge is 0.328 e. The van der Waals surface area contributed by atoms with Crippen LogP contribution in [0.1, 0.15) is 26.2 Å². The highest BCUT2D eigenvalue weighted by Crippen LogP contribution is 2.14. The normalized spacial score (nSPS) is 21.7. The summed E-state index contributed by atoms with van der Waals surface area (Å²) in [6.45, 7) is 2.29. The minimum Gasteiger partial charge on any atom is -0.467 e. The monoisotopic (exact) mass is 254 g/mol. The van der Waals surface area contributed by atoms with Crippen molar-refractivity contribution in [2.45, 2.75) is 38.3 Å². The van der Waals surface area contributed by atoms with Crippen molar-refractivity contribution in [1.29, 1.82) is 5.26 Å². The van der Waals surface area contributed by atoms with Crippen molar-refractivity contribution >= 4 is 11.9 Å². The van der Waals surface area contributed by atoms with E-state index < -0.39 is 18.1 Å². The Morgan fingerprint density at radius 1 is 1.61 bits per heavy atom. The minimum absolute atomic E-state index is 0.172. The van der Waals surface area contributed by atoms with Gasteiger partial charge in [0, 0.05) is 18.9 Å². The Bertz CT molecular complexity index is 344. The number of nitrogens with one attached hydrogen (secondary N) is 1. The number of carbonyl (C=O) groups excluding carboxylic acids is 2. The topological polar surface area (TPSA) is 88.4 Å². The van der Waals surface area contributed by atoms with Crippen molar-refractivity contribution < 1.29 is 19.1 Å². The second-order valence-electron chi connectivity index (χ2n) is 4.35. The Labute approximate surface area is 106 Å². The van der Waals surface area contributed by atoms with Crippen molar-refractivity contribution in [3.8, 4) is 6.07 Å². The molecule has 0 bridgehead atoms. The molecule has 0 saturated carbocycles. The lowest BCUT2D eigenvalue weighted by Crippen LogP contribution is -2.49. The van der Waals surface area contributed by atoms with Gasteiger partial charge in [-0.3, -0.25) is 4.79 Å². The number of methoxy groups -OCH3 is 1. The van der Waals surface area contributed by atoms with Crippen LogP contribution in [0.5, 0.6) is 0 Å². The largest absolute Gasteiger partial charge is 0.467 e. The van der Waals surface area contributed by atoms with Crippen molar-refractivity contribution in [2.24, 2.45) is 5.92 Å². The lowest BCUT2D eigenvalue weighted by atomic mass is 9.98. The summed E-state index contributed by atoms with van der Waals surface area (Å²) in [6.07, 6.45) is 1.18. The van der Waals surface area contributed by atoms with Crippen molar-refractivity contribution in [2.75, 3.05) is 13.7 Å². The second kappa shape index (κ2) is 6.97. The number of hydrogen-bond acceptors (Lipinski definition) is 5. The first kappa shape index (κ1) is 14.5. The lowest BCUT2D eigenvalue weighted by Gasteiger charge is -2.22. The molecule has 18 heavy (non-hydrogen) atoms. The van der Waals surface area contributed by atoms with Crippen LogP contribution in [0.4, 0.5) is 0 Å². The Balaban J connectivity index is 2.62. The van der Waals surface area contributed by atoms with Crippen LogP contribution in [0, 0.1) is 17.2 Å². The van der Waals surface area contributed by atoms with Crippen LogP contribution in [-0.2, 0) is 19.1 Å². The molecule has 0 aliphatic carbocycles. The van der Waals surface area contributed by atoms with Crippen LogP contribution >= 0.6 is 0 Å². The number of nitriles is 1. The molecule has 1 saturated heterocycles. The van der Waals surface area contributed by atoms with Crippen LogP contribution in [0.3, 0.4) is 0 Å². The first-order valence-electron chi connectivity index (χ1n) is 5.97.